The van der Waals surface area contributed by atoms with Gasteiger partial charge in [0.05, 0.1) is 0 Å². The third-order valence-corrected chi connectivity index (χ3v) is 5.83. The number of hydrogen-bond acceptors (Lipinski definition) is 1. The summed E-state index contributed by atoms with van der Waals surface area (Å²) in [6, 6.07) is 0. The minimum absolute atomic E-state index is 0.102. The van der Waals surface area contributed by atoms with Crippen LogP contribution in [0.15, 0.2) is 0 Å². The summed E-state index contributed by atoms with van der Waals surface area (Å²) in [5.74, 6) is 1.37. The number of Topliss-reactive ketones (excluding diaryl/α,β-unsaturated/α-hetero) is 1. The van der Waals surface area contributed by atoms with Gasteiger partial charge in [-0.2, -0.15) is 0 Å². The van der Waals surface area contributed by atoms with Gasteiger partial charge in [0.25, 0.3) is 0 Å². The quantitative estimate of drug-likeness (QED) is 0.689. The zero-order chi connectivity index (χ0) is 12.5. The van der Waals surface area contributed by atoms with Crippen LogP contribution < -0.4 is 0 Å². The molecule has 0 heterocycles. The molecule has 0 aromatic heterocycles. The van der Waals surface area contributed by atoms with E-state index in [4.69, 9.17) is 0 Å². The van der Waals surface area contributed by atoms with Crippen molar-refractivity contribution in [3.8, 4) is 0 Å². The Balaban J connectivity index is 2.14. The third kappa shape index (κ3) is 2.18. The smallest absolute Gasteiger partial charge is 0.139 e. The minimum atomic E-state index is 0.102. The second-order valence-corrected chi connectivity index (χ2v) is 6.82. The van der Waals surface area contributed by atoms with Crippen LogP contribution in [-0.4, -0.2) is 5.78 Å². The highest BCUT2D eigenvalue weighted by molar-refractivity contribution is 5.85. The minimum Gasteiger partial charge on any atom is -0.299 e. The van der Waals surface area contributed by atoms with Crippen molar-refractivity contribution < 1.29 is 4.79 Å². The van der Waals surface area contributed by atoms with Gasteiger partial charge in [-0.05, 0) is 56.3 Å². The molecule has 3 saturated carbocycles. The highest BCUT2D eigenvalue weighted by Gasteiger charge is 2.49. The van der Waals surface area contributed by atoms with Gasteiger partial charge in [-0.1, -0.05) is 27.2 Å². The van der Waals surface area contributed by atoms with Crippen LogP contribution in [0.4, 0.5) is 0 Å². The van der Waals surface area contributed by atoms with Crippen LogP contribution in [0.1, 0.15) is 78.6 Å². The van der Waals surface area contributed by atoms with Crippen molar-refractivity contribution in [1.82, 2.24) is 0 Å². The van der Waals surface area contributed by atoms with Crippen LogP contribution >= 0.6 is 0 Å². The first kappa shape index (κ1) is 13.1. The van der Waals surface area contributed by atoms with E-state index < -0.39 is 0 Å². The lowest BCUT2D eigenvalue weighted by Gasteiger charge is -2.44. The summed E-state index contributed by atoms with van der Waals surface area (Å²) in [5, 5.41) is 0. The zero-order valence-corrected chi connectivity index (χ0v) is 11.8. The van der Waals surface area contributed by atoms with Crippen molar-refractivity contribution in [2.24, 2.45) is 16.7 Å². The van der Waals surface area contributed by atoms with Crippen LogP contribution in [0.3, 0.4) is 0 Å². The number of carbonyl (C=O) groups is 1. The summed E-state index contributed by atoms with van der Waals surface area (Å²) >= 11 is 0. The molecular weight excluding hydrogens is 208 g/mol. The van der Waals surface area contributed by atoms with Gasteiger partial charge in [0.2, 0.25) is 0 Å². The van der Waals surface area contributed by atoms with Crippen molar-refractivity contribution in [3.05, 3.63) is 0 Å². The standard InChI is InChI=1S/C16H28O/c1-4-6-14(17)16-8-5-7-15(9-11-16,10-12-16)13(2)3/h13H,4-12H2,1-3H3. The largest absolute Gasteiger partial charge is 0.299 e. The maximum absolute atomic E-state index is 12.4. The first-order valence-corrected chi connectivity index (χ1v) is 7.58. The summed E-state index contributed by atoms with van der Waals surface area (Å²) in [6.45, 7) is 6.89. The fourth-order valence-corrected chi connectivity index (χ4v) is 4.28. The van der Waals surface area contributed by atoms with E-state index in [0.29, 0.717) is 11.2 Å². The number of fused-ring (bicyclic) bond motifs is 4. The molecule has 0 amide bonds. The lowest BCUT2D eigenvalue weighted by molar-refractivity contribution is -0.132. The Morgan fingerprint density at radius 3 is 2.24 bits per heavy atom. The molecule has 0 radical (unpaired) electrons. The summed E-state index contributed by atoms with van der Waals surface area (Å²) in [7, 11) is 0. The highest BCUT2D eigenvalue weighted by Crippen LogP contribution is 2.57. The fourth-order valence-electron chi connectivity index (χ4n) is 4.28. The van der Waals surface area contributed by atoms with Crippen LogP contribution in [0.2, 0.25) is 0 Å². The SMILES string of the molecule is CCCC(=O)C12CCCC(C(C)C)(CC1)CC2. The molecule has 0 aromatic carbocycles. The first-order chi connectivity index (χ1) is 8.05. The van der Waals surface area contributed by atoms with Crippen molar-refractivity contribution >= 4 is 5.78 Å². The first-order valence-electron chi connectivity index (χ1n) is 7.58. The van der Waals surface area contributed by atoms with Gasteiger partial charge in [0.15, 0.2) is 0 Å². The average Bonchev–Trinajstić information content (AvgIpc) is 2.61. The maximum Gasteiger partial charge on any atom is 0.139 e. The second-order valence-electron chi connectivity index (χ2n) is 6.82. The van der Waals surface area contributed by atoms with Gasteiger partial charge in [0.1, 0.15) is 5.78 Å². The molecular formula is C16H28O. The molecule has 1 heteroatoms. The van der Waals surface area contributed by atoms with Crippen LogP contribution in [0.5, 0.6) is 0 Å². The molecule has 3 aliphatic carbocycles. The molecule has 3 aliphatic rings. The zero-order valence-electron chi connectivity index (χ0n) is 11.8. The molecule has 1 nitrogen and oxygen atoms in total. The molecule has 0 saturated heterocycles. The molecule has 0 N–H and O–H groups in total. The molecule has 3 rings (SSSR count). The molecule has 3 fully saturated rings. The molecule has 98 valence electrons. The molecule has 2 bridgehead atoms. The van der Waals surface area contributed by atoms with Gasteiger partial charge in [-0.25, -0.2) is 0 Å². The Hall–Kier alpha value is -0.330. The van der Waals surface area contributed by atoms with Gasteiger partial charge in [-0.15, -0.1) is 0 Å². The Morgan fingerprint density at radius 2 is 1.71 bits per heavy atom. The Labute approximate surface area is 106 Å². The maximum atomic E-state index is 12.4. The van der Waals surface area contributed by atoms with Crippen LogP contribution in [0, 0.1) is 16.7 Å². The number of hydrogen-bond donors (Lipinski definition) is 0. The van der Waals surface area contributed by atoms with Crippen molar-refractivity contribution in [2.45, 2.75) is 78.6 Å². The molecule has 0 atom stereocenters. The summed E-state index contributed by atoms with van der Waals surface area (Å²) in [5.41, 5.74) is 0.678. The van der Waals surface area contributed by atoms with E-state index in [2.05, 4.69) is 20.8 Å². The molecule has 0 spiro atoms. The van der Waals surface area contributed by atoms with Crippen molar-refractivity contribution in [1.29, 1.82) is 0 Å². The highest BCUT2D eigenvalue weighted by atomic mass is 16.1. The normalized spacial score (nSPS) is 37.2. The molecule has 17 heavy (non-hydrogen) atoms. The molecule has 0 aliphatic heterocycles. The Kier molecular flexibility index (Phi) is 3.66. The molecule has 0 aromatic rings. The van der Waals surface area contributed by atoms with Crippen LogP contribution in [0.25, 0.3) is 0 Å². The summed E-state index contributed by atoms with van der Waals surface area (Å²) in [6.07, 6.45) is 10.7. The predicted molar refractivity (Wildman–Crippen MR) is 71.9 cm³/mol. The van der Waals surface area contributed by atoms with E-state index in [0.717, 1.165) is 18.8 Å². The lowest BCUT2D eigenvalue weighted by Crippen LogP contribution is -2.38. The Bertz CT molecular complexity index is 282. The predicted octanol–water partition coefficient (Wildman–Crippen LogP) is 4.74. The van der Waals surface area contributed by atoms with Crippen molar-refractivity contribution in [2.75, 3.05) is 0 Å². The van der Waals surface area contributed by atoms with Crippen molar-refractivity contribution in [3.63, 3.8) is 0 Å². The van der Waals surface area contributed by atoms with Gasteiger partial charge >= 0.3 is 0 Å². The van der Waals surface area contributed by atoms with E-state index in [1.165, 1.54) is 44.9 Å². The molecule has 0 unspecified atom stereocenters. The van der Waals surface area contributed by atoms with E-state index in [-0.39, 0.29) is 5.41 Å². The number of carbonyl (C=O) groups excluding carboxylic acids is 1. The van der Waals surface area contributed by atoms with Gasteiger partial charge < -0.3 is 0 Å². The summed E-state index contributed by atoms with van der Waals surface area (Å²) in [4.78, 5) is 12.4. The van der Waals surface area contributed by atoms with E-state index in [9.17, 15) is 4.79 Å². The third-order valence-electron chi connectivity index (χ3n) is 5.83. The van der Waals surface area contributed by atoms with E-state index >= 15 is 0 Å². The second kappa shape index (κ2) is 4.74. The van der Waals surface area contributed by atoms with E-state index in [1.807, 2.05) is 0 Å². The average molecular weight is 236 g/mol. The Morgan fingerprint density at radius 1 is 1.06 bits per heavy atom. The van der Waals surface area contributed by atoms with E-state index in [1.54, 1.807) is 0 Å². The monoisotopic (exact) mass is 236 g/mol. The van der Waals surface area contributed by atoms with Crippen LogP contribution in [-0.2, 0) is 4.79 Å². The fraction of sp³-hybridized carbons (Fsp3) is 0.938. The topological polar surface area (TPSA) is 17.1 Å². The van der Waals surface area contributed by atoms with Gasteiger partial charge in [0, 0.05) is 11.8 Å². The number of rotatable bonds is 4. The lowest BCUT2D eigenvalue weighted by atomic mass is 9.60. The number of ketones is 1. The van der Waals surface area contributed by atoms with Gasteiger partial charge in [-0.3, -0.25) is 4.79 Å². The summed E-state index contributed by atoms with van der Waals surface area (Å²) < 4.78 is 0.